The van der Waals surface area contributed by atoms with Crippen LogP contribution >= 0.6 is 0 Å². The number of carbonyl (C=O) groups excluding carboxylic acids is 1. The van der Waals surface area contributed by atoms with E-state index in [4.69, 9.17) is 9.47 Å². The van der Waals surface area contributed by atoms with E-state index in [1.807, 2.05) is 0 Å². The molecule has 2 aromatic carbocycles. The number of alkyl halides is 3. The van der Waals surface area contributed by atoms with Crippen LogP contribution in [0.5, 0.6) is 5.75 Å². The lowest BCUT2D eigenvalue weighted by molar-refractivity contribution is -0.137. The molecule has 4 rings (SSSR count). The molecule has 0 atom stereocenters. The Kier molecular flexibility index (Phi) is 6.40. The number of benzene rings is 2. The van der Waals surface area contributed by atoms with Gasteiger partial charge in [-0.2, -0.15) is 13.2 Å². The number of fused-ring (bicyclic) bond motifs is 1. The van der Waals surface area contributed by atoms with E-state index in [0.29, 0.717) is 5.69 Å². The van der Waals surface area contributed by atoms with E-state index in [-0.39, 0.29) is 33.6 Å². The van der Waals surface area contributed by atoms with Gasteiger partial charge in [-0.15, -0.1) is 0 Å². The minimum atomic E-state index is -4.61. The third-order valence-electron chi connectivity index (χ3n) is 5.55. The topological polar surface area (TPSA) is 92.4 Å². The lowest BCUT2D eigenvalue weighted by Crippen LogP contribution is -2.41. The van der Waals surface area contributed by atoms with Gasteiger partial charge in [0.15, 0.2) is 5.65 Å². The minimum Gasteiger partial charge on any atom is -0.495 e. The van der Waals surface area contributed by atoms with Crippen LogP contribution < -0.4 is 16.0 Å². The summed E-state index contributed by atoms with van der Waals surface area (Å²) in [7, 11) is 2.53. The lowest BCUT2D eigenvalue weighted by Gasteiger charge is -2.17. The maximum absolute atomic E-state index is 13.7. The minimum absolute atomic E-state index is 0.0645. The average Bonchev–Trinajstić information content (AvgIpc) is 2.85. The summed E-state index contributed by atoms with van der Waals surface area (Å²) in [4.78, 5) is 44.2. The SMILES string of the molecule is COC(=O)c1cc(C)nc2c1c(=O)n(Cc1cccc(C(F)(F)F)c1)c(=O)n2-c1ccccc1OC. The highest BCUT2D eigenvalue weighted by Crippen LogP contribution is 2.30. The van der Waals surface area contributed by atoms with Crippen molar-refractivity contribution < 1.29 is 27.4 Å². The summed E-state index contributed by atoms with van der Waals surface area (Å²) < 4.78 is 51.8. The third-order valence-corrected chi connectivity index (χ3v) is 5.55. The van der Waals surface area contributed by atoms with Gasteiger partial charge in [-0.25, -0.2) is 19.1 Å². The van der Waals surface area contributed by atoms with Crippen molar-refractivity contribution in [3.8, 4) is 11.4 Å². The van der Waals surface area contributed by atoms with E-state index in [1.54, 1.807) is 31.2 Å². The quantitative estimate of drug-likeness (QED) is 0.389. The predicted octanol–water partition coefficient (Wildman–Crippen LogP) is 3.72. The number of halogens is 3. The van der Waals surface area contributed by atoms with Crippen LogP contribution in [0.3, 0.4) is 0 Å². The molecule has 8 nitrogen and oxygen atoms in total. The Morgan fingerprint density at radius 3 is 2.42 bits per heavy atom. The molecule has 0 bridgehead atoms. The van der Waals surface area contributed by atoms with Gasteiger partial charge in [0.25, 0.3) is 5.56 Å². The maximum atomic E-state index is 13.7. The van der Waals surface area contributed by atoms with Crippen LogP contribution in [0.25, 0.3) is 16.7 Å². The van der Waals surface area contributed by atoms with Crippen LogP contribution in [-0.2, 0) is 17.5 Å². The Labute approximate surface area is 202 Å². The standard InChI is InChI=1S/C25H20F3N3O5/c1-14-11-17(23(33)36-3)20-21(29-14)31(18-9-4-5-10-19(18)35-2)24(34)30(22(20)32)13-15-7-6-8-16(12-15)25(26,27)28/h4-12H,13H2,1-3H3. The van der Waals surface area contributed by atoms with Gasteiger partial charge in [0.05, 0.1) is 43.0 Å². The van der Waals surface area contributed by atoms with Gasteiger partial charge < -0.3 is 9.47 Å². The number of ether oxygens (including phenoxy) is 2. The largest absolute Gasteiger partial charge is 0.495 e. The van der Waals surface area contributed by atoms with Gasteiger partial charge in [-0.3, -0.25) is 9.36 Å². The highest BCUT2D eigenvalue weighted by Gasteiger charge is 2.30. The van der Waals surface area contributed by atoms with Crippen molar-refractivity contribution in [1.29, 1.82) is 0 Å². The summed E-state index contributed by atoms with van der Waals surface area (Å²) >= 11 is 0. The second kappa shape index (κ2) is 9.33. The van der Waals surface area contributed by atoms with Crippen molar-refractivity contribution in [2.75, 3.05) is 14.2 Å². The van der Waals surface area contributed by atoms with Crippen LogP contribution in [0, 0.1) is 6.92 Å². The average molecular weight is 499 g/mol. The molecular formula is C25H20F3N3O5. The summed E-state index contributed by atoms with van der Waals surface area (Å²) in [6.45, 7) is 1.10. The summed E-state index contributed by atoms with van der Waals surface area (Å²) in [5.41, 5.74) is -2.32. The summed E-state index contributed by atoms with van der Waals surface area (Å²) in [5, 5.41) is -0.218. The van der Waals surface area contributed by atoms with Crippen LogP contribution in [0.15, 0.2) is 64.2 Å². The lowest BCUT2D eigenvalue weighted by atomic mass is 10.1. The predicted molar refractivity (Wildman–Crippen MR) is 125 cm³/mol. The van der Waals surface area contributed by atoms with E-state index in [0.717, 1.165) is 28.4 Å². The zero-order valence-corrected chi connectivity index (χ0v) is 19.4. The number of hydrogen-bond donors (Lipinski definition) is 0. The number of para-hydroxylation sites is 2. The van der Waals surface area contributed by atoms with Crippen molar-refractivity contribution >= 4 is 17.0 Å². The van der Waals surface area contributed by atoms with Crippen LogP contribution in [0.4, 0.5) is 13.2 Å². The number of methoxy groups -OCH3 is 2. The molecule has 0 aliphatic heterocycles. The summed E-state index contributed by atoms with van der Waals surface area (Å²) in [6, 6.07) is 12.1. The van der Waals surface area contributed by atoms with Gasteiger partial charge in [0.1, 0.15) is 5.75 Å². The first-order valence-corrected chi connectivity index (χ1v) is 10.6. The van der Waals surface area contributed by atoms with E-state index in [9.17, 15) is 27.6 Å². The van der Waals surface area contributed by atoms with Crippen molar-refractivity contribution in [3.63, 3.8) is 0 Å². The Bertz CT molecular complexity index is 1610. The number of pyridine rings is 1. The number of hydrogen-bond acceptors (Lipinski definition) is 6. The first-order chi connectivity index (χ1) is 17.1. The van der Waals surface area contributed by atoms with Gasteiger partial charge in [0.2, 0.25) is 0 Å². The van der Waals surface area contributed by atoms with Crippen LogP contribution in [0.1, 0.15) is 27.2 Å². The highest BCUT2D eigenvalue weighted by atomic mass is 19.4. The molecule has 0 aliphatic carbocycles. The third kappa shape index (κ3) is 4.35. The van der Waals surface area contributed by atoms with Gasteiger partial charge >= 0.3 is 17.8 Å². The Morgan fingerprint density at radius 1 is 1.03 bits per heavy atom. The van der Waals surface area contributed by atoms with Gasteiger partial charge in [-0.1, -0.05) is 24.3 Å². The Balaban J connectivity index is 2.12. The number of nitrogens with zero attached hydrogens (tertiary/aromatic N) is 3. The second-order valence-corrected chi connectivity index (χ2v) is 7.88. The van der Waals surface area contributed by atoms with E-state index in [2.05, 4.69) is 4.98 Å². The molecule has 0 spiro atoms. The zero-order chi connectivity index (χ0) is 26.2. The second-order valence-electron chi connectivity index (χ2n) is 7.88. The van der Waals surface area contributed by atoms with Gasteiger partial charge in [-0.05, 0) is 42.8 Å². The molecule has 11 heteroatoms. The monoisotopic (exact) mass is 499 g/mol. The number of aromatic nitrogens is 3. The fourth-order valence-corrected chi connectivity index (χ4v) is 3.93. The molecule has 0 N–H and O–H groups in total. The summed E-state index contributed by atoms with van der Waals surface area (Å²) in [5.74, 6) is -0.563. The molecule has 0 radical (unpaired) electrons. The molecule has 0 saturated heterocycles. The van der Waals surface area contributed by atoms with Crippen molar-refractivity contribution in [1.82, 2.24) is 14.1 Å². The summed E-state index contributed by atoms with van der Waals surface area (Å²) in [6.07, 6.45) is -4.61. The fraction of sp³-hybridized carbons (Fsp3) is 0.200. The smallest absolute Gasteiger partial charge is 0.416 e. The highest BCUT2D eigenvalue weighted by molar-refractivity contribution is 6.02. The molecule has 0 unspecified atom stereocenters. The molecule has 2 heterocycles. The molecule has 36 heavy (non-hydrogen) atoms. The number of esters is 1. The van der Waals surface area contributed by atoms with Crippen LogP contribution in [0.2, 0.25) is 0 Å². The zero-order valence-electron chi connectivity index (χ0n) is 19.4. The molecular weight excluding hydrogens is 479 g/mol. The first kappa shape index (κ1) is 24.7. The van der Waals surface area contributed by atoms with E-state index in [1.165, 1.54) is 25.3 Å². The molecule has 0 aliphatic rings. The molecule has 2 aromatic heterocycles. The number of aryl methyl sites for hydroxylation is 1. The van der Waals surface area contributed by atoms with Crippen LogP contribution in [-0.4, -0.2) is 34.3 Å². The molecule has 4 aromatic rings. The molecule has 0 amide bonds. The first-order valence-electron chi connectivity index (χ1n) is 10.6. The fourth-order valence-electron chi connectivity index (χ4n) is 3.93. The van der Waals surface area contributed by atoms with E-state index < -0.39 is 35.5 Å². The van der Waals surface area contributed by atoms with Crippen molar-refractivity contribution in [2.24, 2.45) is 0 Å². The van der Waals surface area contributed by atoms with Gasteiger partial charge in [0, 0.05) is 5.69 Å². The van der Waals surface area contributed by atoms with Crippen molar-refractivity contribution in [2.45, 2.75) is 19.6 Å². The molecule has 186 valence electrons. The molecule has 0 saturated carbocycles. The normalized spacial score (nSPS) is 11.5. The van der Waals surface area contributed by atoms with Crippen molar-refractivity contribution in [3.05, 3.63) is 97.8 Å². The number of rotatable bonds is 5. The van der Waals surface area contributed by atoms with E-state index >= 15 is 0 Å². The molecule has 0 fully saturated rings. The number of carbonyl (C=O) groups is 1. The Hall–Kier alpha value is -4.41. The Morgan fingerprint density at radius 2 is 1.75 bits per heavy atom. The maximum Gasteiger partial charge on any atom is 0.416 e.